The van der Waals surface area contributed by atoms with Gasteiger partial charge in [-0.2, -0.15) is 4.79 Å². The molecule has 0 rings (SSSR count). The van der Waals surface area contributed by atoms with E-state index in [1.807, 2.05) is 0 Å². The Bertz CT molecular complexity index is 159. The Kier molecular flexibility index (Phi) is 3.27. The van der Waals surface area contributed by atoms with Gasteiger partial charge in [-0.1, -0.05) is 0 Å². The second-order valence-corrected chi connectivity index (χ2v) is 1.20. The van der Waals surface area contributed by atoms with Crippen molar-refractivity contribution >= 4 is 11.7 Å². The van der Waals surface area contributed by atoms with Crippen LogP contribution in [-0.4, -0.2) is 35.3 Å². The Morgan fingerprint density at radius 2 is 2.44 bits per heavy atom. The van der Waals surface area contributed by atoms with E-state index in [0.717, 1.165) is 7.11 Å². The lowest BCUT2D eigenvalue weighted by Gasteiger charge is -1.87. The highest BCUT2D eigenvalue weighted by atomic mass is 16.5. The van der Waals surface area contributed by atoms with E-state index >= 15 is 0 Å². The summed E-state index contributed by atoms with van der Waals surface area (Å²) in [6.45, 7) is -0.622. The second-order valence-electron chi connectivity index (χ2n) is 1.20. The minimum Gasteiger partial charge on any atom is -0.460 e. The zero-order valence-electron chi connectivity index (χ0n) is 4.87. The van der Waals surface area contributed by atoms with Gasteiger partial charge in [0.25, 0.3) is 0 Å². The first-order valence-electron chi connectivity index (χ1n) is 2.16. The van der Waals surface area contributed by atoms with Gasteiger partial charge in [0.1, 0.15) is 0 Å². The van der Waals surface area contributed by atoms with Crippen LogP contribution in [0, 0.1) is 0 Å². The molecule has 0 heterocycles. The number of hydrogen-bond acceptors (Lipinski definition) is 3. The molecule has 1 N–H and O–H groups in total. The minimum absolute atomic E-state index is 0.405. The smallest absolute Gasteiger partial charge is 0.419 e. The molecular formula is C4H6N2O3. The molecule has 0 aliphatic rings. The number of hydrogen-bond donors (Lipinski definition) is 1. The highest BCUT2D eigenvalue weighted by Crippen LogP contribution is 1.74. The van der Waals surface area contributed by atoms with E-state index in [2.05, 4.69) is 9.53 Å². The van der Waals surface area contributed by atoms with E-state index in [-0.39, 0.29) is 0 Å². The van der Waals surface area contributed by atoms with Crippen molar-refractivity contribution < 1.29 is 19.4 Å². The van der Waals surface area contributed by atoms with Crippen molar-refractivity contribution in [3.05, 3.63) is 5.53 Å². The van der Waals surface area contributed by atoms with Crippen LogP contribution in [0.4, 0.5) is 0 Å². The largest absolute Gasteiger partial charge is 0.460 e. The van der Waals surface area contributed by atoms with Gasteiger partial charge in [0.15, 0.2) is 6.61 Å². The SMILES string of the molecule is COC(=O)C(CO)=[N+]=[N-]. The highest BCUT2D eigenvalue weighted by Gasteiger charge is 2.18. The van der Waals surface area contributed by atoms with Gasteiger partial charge in [0, 0.05) is 0 Å². The van der Waals surface area contributed by atoms with E-state index < -0.39 is 18.3 Å². The number of carbonyl (C=O) groups excluding carboxylic acids is 1. The molecular weight excluding hydrogens is 124 g/mol. The third-order valence-electron chi connectivity index (χ3n) is 0.691. The van der Waals surface area contributed by atoms with Crippen LogP contribution in [0.25, 0.3) is 5.53 Å². The second kappa shape index (κ2) is 3.77. The van der Waals surface area contributed by atoms with Crippen LogP contribution in [0.1, 0.15) is 0 Å². The van der Waals surface area contributed by atoms with Crippen LogP contribution >= 0.6 is 0 Å². The molecule has 0 aliphatic heterocycles. The predicted octanol–water partition coefficient (Wildman–Crippen LogP) is -1.18. The topological polar surface area (TPSA) is 82.9 Å². The van der Waals surface area contributed by atoms with Crippen molar-refractivity contribution in [2.45, 2.75) is 0 Å². The third kappa shape index (κ3) is 2.03. The number of rotatable bonds is 2. The lowest BCUT2D eigenvalue weighted by molar-refractivity contribution is -0.138. The van der Waals surface area contributed by atoms with Crippen LogP contribution in [0.3, 0.4) is 0 Å². The Morgan fingerprint density at radius 3 is 2.56 bits per heavy atom. The van der Waals surface area contributed by atoms with E-state index in [1.54, 1.807) is 0 Å². The van der Waals surface area contributed by atoms with E-state index in [0.29, 0.717) is 0 Å². The molecule has 0 aliphatic carbocycles. The number of methoxy groups -OCH3 is 1. The number of carbonyl (C=O) groups is 1. The summed E-state index contributed by atoms with van der Waals surface area (Å²) < 4.78 is 4.10. The molecule has 0 bridgehead atoms. The summed E-state index contributed by atoms with van der Waals surface area (Å²) in [6.07, 6.45) is 0. The summed E-state index contributed by atoms with van der Waals surface area (Å²) >= 11 is 0. The molecule has 9 heavy (non-hydrogen) atoms. The normalized spacial score (nSPS) is 7.78. The maximum Gasteiger partial charge on any atom is 0.419 e. The van der Waals surface area contributed by atoms with Crippen molar-refractivity contribution in [2.75, 3.05) is 13.7 Å². The van der Waals surface area contributed by atoms with Gasteiger partial charge in [0.05, 0.1) is 7.11 Å². The fourth-order valence-corrected chi connectivity index (χ4v) is 0.255. The van der Waals surface area contributed by atoms with Crippen LogP contribution in [0.5, 0.6) is 0 Å². The first kappa shape index (κ1) is 7.81. The summed E-state index contributed by atoms with van der Waals surface area (Å²) in [6, 6.07) is 0. The molecule has 5 nitrogen and oxygen atoms in total. The fraction of sp³-hybridized carbons (Fsp3) is 0.500. The third-order valence-corrected chi connectivity index (χ3v) is 0.691. The Hall–Kier alpha value is -1.19. The standard InChI is InChI=1S/C4H6N2O3/c1-9-4(8)3(2-7)6-5/h7H,2H2,1H3. The molecule has 0 spiro atoms. The van der Waals surface area contributed by atoms with Gasteiger partial charge in [-0.05, 0) is 0 Å². The number of ether oxygens (including phenoxy) is 1. The molecule has 0 aromatic rings. The van der Waals surface area contributed by atoms with Crippen LogP contribution in [0.15, 0.2) is 0 Å². The predicted molar refractivity (Wildman–Crippen MR) is 27.7 cm³/mol. The number of aliphatic hydroxyl groups excluding tert-OH is 1. The molecule has 0 saturated carbocycles. The summed E-state index contributed by atoms with van der Waals surface area (Å²) in [4.78, 5) is 12.8. The van der Waals surface area contributed by atoms with Gasteiger partial charge < -0.3 is 15.4 Å². The van der Waals surface area contributed by atoms with Crippen LogP contribution < -0.4 is 0 Å². The zero-order chi connectivity index (χ0) is 7.28. The zero-order valence-corrected chi connectivity index (χ0v) is 4.87. The molecule has 0 atom stereocenters. The molecule has 0 saturated heterocycles. The summed E-state index contributed by atoms with van der Waals surface area (Å²) in [5.41, 5.74) is 7.55. The minimum atomic E-state index is -0.833. The van der Waals surface area contributed by atoms with Crippen LogP contribution in [-0.2, 0) is 9.53 Å². The van der Waals surface area contributed by atoms with E-state index in [4.69, 9.17) is 10.6 Å². The van der Waals surface area contributed by atoms with E-state index in [1.165, 1.54) is 0 Å². The molecule has 5 heteroatoms. The summed E-state index contributed by atoms with van der Waals surface area (Å²) in [5.74, 6) is -0.833. The van der Waals surface area contributed by atoms with Crippen LogP contribution in [0.2, 0.25) is 0 Å². The van der Waals surface area contributed by atoms with Gasteiger partial charge in [0.2, 0.25) is 0 Å². The van der Waals surface area contributed by atoms with Gasteiger partial charge in [-0.25, -0.2) is 4.79 Å². The van der Waals surface area contributed by atoms with E-state index in [9.17, 15) is 4.79 Å². The quantitative estimate of drug-likeness (QED) is 0.221. The maximum atomic E-state index is 10.3. The molecule has 0 radical (unpaired) electrons. The van der Waals surface area contributed by atoms with Gasteiger partial charge in [-0.15, -0.1) is 0 Å². The first-order chi connectivity index (χ1) is 4.26. The van der Waals surface area contributed by atoms with Gasteiger partial charge >= 0.3 is 11.7 Å². The first-order valence-corrected chi connectivity index (χ1v) is 2.16. The van der Waals surface area contributed by atoms with Crippen molar-refractivity contribution in [1.82, 2.24) is 0 Å². The van der Waals surface area contributed by atoms with Gasteiger partial charge in [-0.3, -0.25) is 0 Å². The average molecular weight is 130 g/mol. The van der Waals surface area contributed by atoms with Crippen molar-refractivity contribution in [3.63, 3.8) is 0 Å². The number of nitrogens with zero attached hydrogens (tertiary/aromatic N) is 2. The lowest BCUT2D eigenvalue weighted by Crippen LogP contribution is -2.20. The Labute approximate surface area is 51.5 Å². The fourth-order valence-electron chi connectivity index (χ4n) is 0.255. The molecule has 0 aromatic heterocycles. The molecule has 0 aromatic carbocycles. The number of esters is 1. The van der Waals surface area contributed by atoms with Crippen molar-refractivity contribution in [1.29, 1.82) is 0 Å². The molecule has 0 unspecified atom stereocenters. The Balaban J connectivity index is 4.14. The lowest BCUT2D eigenvalue weighted by atomic mass is 10.4. The average Bonchev–Trinajstić information content (AvgIpc) is 1.90. The number of aliphatic hydroxyl groups is 1. The summed E-state index contributed by atoms with van der Waals surface area (Å²) in [5, 5.41) is 8.24. The Morgan fingerprint density at radius 1 is 1.89 bits per heavy atom. The highest BCUT2D eigenvalue weighted by molar-refractivity contribution is 6.34. The summed E-state index contributed by atoms with van der Waals surface area (Å²) in [7, 11) is 1.13. The molecule has 0 fully saturated rings. The van der Waals surface area contributed by atoms with Crippen molar-refractivity contribution in [3.8, 4) is 0 Å². The monoisotopic (exact) mass is 130 g/mol. The maximum absolute atomic E-state index is 10.3. The van der Waals surface area contributed by atoms with Crippen molar-refractivity contribution in [2.24, 2.45) is 0 Å². The molecule has 0 amide bonds. The molecule has 50 valence electrons.